The van der Waals surface area contributed by atoms with Crippen molar-refractivity contribution in [3.05, 3.63) is 90.3 Å². The van der Waals surface area contributed by atoms with Crippen molar-refractivity contribution in [3.63, 3.8) is 0 Å². The van der Waals surface area contributed by atoms with Crippen LogP contribution < -0.4 is 20.3 Å². The Morgan fingerprint density at radius 1 is 1.09 bits per heavy atom. The van der Waals surface area contributed by atoms with Crippen molar-refractivity contribution in [2.45, 2.75) is 32.5 Å². The molecule has 1 aliphatic heterocycles. The summed E-state index contributed by atoms with van der Waals surface area (Å²) in [4.78, 5) is 11.5. The van der Waals surface area contributed by atoms with E-state index in [0.29, 0.717) is 19.2 Å². The molecule has 1 unspecified atom stereocenters. The molecule has 7 heteroatoms. The van der Waals surface area contributed by atoms with Crippen LogP contribution in [0.4, 0.5) is 5.69 Å². The second-order valence-electron chi connectivity index (χ2n) is 7.86. The summed E-state index contributed by atoms with van der Waals surface area (Å²) in [6.45, 7) is 5.99. The highest BCUT2D eigenvalue weighted by atomic mass is 127. The molecule has 2 aromatic carbocycles. The first-order chi connectivity index (χ1) is 15.8. The van der Waals surface area contributed by atoms with Gasteiger partial charge in [-0.25, -0.2) is 4.99 Å². The van der Waals surface area contributed by atoms with Gasteiger partial charge in [-0.2, -0.15) is 0 Å². The Bertz CT molecular complexity index is 1000. The van der Waals surface area contributed by atoms with E-state index < -0.39 is 0 Å². The van der Waals surface area contributed by atoms with Crippen LogP contribution in [0.3, 0.4) is 0 Å². The lowest BCUT2D eigenvalue weighted by Crippen LogP contribution is -2.44. The average Bonchev–Trinajstić information content (AvgIpc) is 3.31. The van der Waals surface area contributed by atoms with Gasteiger partial charge in [0.15, 0.2) is 5.96 Å². The number of halogens is 1. The van der Waals surface area contributed by atoms with Crippen LogP contribution in [-0.2, 0) is 13.2 Å². The van der Waals surface area contributed by atoms with Gasteiger partial charge in [0.25, 0.3) is 0 Å². The normalized spacial score (nSPS) is 15.6. The minimum atomic E-state index is 0. The molecule has 1 saturated heterocycles. The summed E-state index contributed by atoms with van der Waals surface area (Å²) in [5.74, 6) is 1.68. The molecule has 4 rings (SSSR count). The molecule has 6 nitrogen and oxygen atoms in total. The van der Waals surface area contributed by atoms with E-state index >= 15 is 0 Å². The molecule has 0 bridgehead atoms. The SMILES string of the molecule is CCNC(=NCc1cccc(OCc2ccccn2)c1)NC1CCN(c2ccccc2)C1.I. The number of nitrogens with zero attached hydrogens (tertiary/aromatic N) is 3. The van der Waals surface area contributed by atoms with Crippen molar-refractivity contribution < 1.29 is 4.74 Å². The molecular formula is C26H32IN5O. The fourth-order valence-corrected chi connectivity index (χ4v) is 3.81. The number of guanidine groups is 1. The van der Waals surface area contributed by atoms with Crippen LogP contribution in [-0.4, -0.2) is 36.6 Å². The number of hydrogen-bond acceptors (Lipinski definition) is 4. The molecule has 0 amide bonds. The number of para-hydroxylation sites is 1. The monoisotopic (exact) mass is 557 g/mol. The predicted molar refractivity (Wildman–Crippen MR) is 145 cm³/mol. The average molecular weight is 557 g/mol. The summed E-state index contributed by atoms with van der Waals surface area (Å²) in [6.07, 6.45) is 2.87. The third kappa shape index (κ3) is 7.63. The first kappa shape index (κ1) is 24.8. The van der Waals surface area contributed by atoms with Gasteiger partial charge in [0.2, 0.25) is 0 Å². The van der Waals surface area contributed by atoms with Crippen molar-refractivity contribution in [1.29, 1.82) is 0 Å². The fraction of sp³-hybridized carbons (Fsp3) is 0.308. The number of nitrogens with one attached hydrogen (secondary N) is 2. The van der Waals surface area contributed by atoms with Crippen molar-refractivity contribution in [2.75, 3.05) is 24.5 Å². The Labute approximate surface area is 213 Å². The van der Waals surface area contributed by atoms with Gasteiger partial charge < -0.3 is 20.3 Å². The van der Waals surface area contributed by atoms with E-state index in [9.17, 15) is 0 Å². The molecule has 0 saturated carbocycles. The zero-order valence-electron chi connectivity index (χ0n) is 19.0. The number of aliphatic imine (C=N–C) groups is 1. The van der Waals surface area contributed by atoms with Crippen molar-refractivity contribution >= 4 is 35.6 Å². The highest BCUT2D eigenvalue weighted by Crippen LogP contribution is 2.20. The maximum atomic E-state index is 5.90. The maximum absolute atomic E-state index is 5.90. The molecule has 33 heavy (non-hydrogen) atoms. The molecule has 1 fully saturated rings. The highest BCUT2D eigenvalue weighted by Gasteiger charge is 2.23. The molecule has 3 aromatic rings. The molecule has 0 spiro atoms. The van der Waals surface area contributed by atoms with Gasteiger partial charge >= 0.3 is 0 Å². The third-order valence-corrected chi connectivity index (χ3v) is 5.43. The number of anilines is 1. The molecule has 1 atom stereocenters. The van der Waals surface area contributed by atoms with Crippen LogP contribution in [0.25, 0.3) is 0 Å². The Kier molecular flexibility index (Phi) is 9.80. The Hall–Kier alpha value is -2.81. The van der Waals surface area contributed by atoms with E-state index in [-0.39, 0.29) is 24.0 Å². The first-order valence-corrected chi connectivity index (χ1v) is 11.3. The highest BCUT2D eigenvalue weighted by molar-refractivity contribution is 14.0. The van der Waals surface area contributed by atoms with Crippen molar-refractivity contribution in [1.82, 2.24) is 15.6 Å². The van der Waals surface area contributed by atoms with Crippen LogP contribution in [0.5, 0.6) is 5.75 Å². The number of aromatic nitrogens is 1. The second kappa shape index (κ2) is 13.0. The molecule has 2 heterocycles. The van der Waals surface area contributed by atoms with E-state index in [1.54, 1.807) is 6.20 Å². The number of pyridine rings is 1. The predicted octanol–water partition coefficient (Wildman–Crippen LogP) is 4.61. The van der Waals surface area contributed by atoms with Crippen LogP contribution in [0.15, 0.2) is 84.0 Å². The molecule has 174 valence electrons. The first-order valence-electron chi connectivity index (χ1n) is 11.3. The summed E-state index contributed by atoms with van der Waals surface area (Å²) in [5.41, 5.74) is 3.30. The van der Waals surface area contributed by atoms with Crippen LogP contribution in [0, 0.1) is 0 Å². The zero-order chi connectivity index (χ0) is 22.0. The molecule has 2 N–H and O–H groups in total. The van der Waals surface area contributed by atoms with Crippen LogP contribution >= 0.6 is 24.0 Å². The van der Waals surface area contributed by atoms with Gasteiger partial charge in [0.05, 0.1) is 12.2 Å². The summed E-state index contributed by atoms with van der Waals surface area (Å²) >= 11 is 0. The smallest absolute Gasteiger partial charge is 0.191 e. The minimum absolute atomic E-state index is 0. The van der Waals surface area contributed by atoms with Crippen LogP contribution in [0.1, 0.15) is 24.6 Å². The number of rotatable bonds is 8. The number of ether oxygens (including phenoxy) is 1. The lowest BCUT2D eigenvalue weighted by molar-refractivity contribution is 0.301. The summed E-state index contributed by atoms with van der Waals surface area (Å²) in [5, 5.41) is 6.98. The standard InChI is InChI=1S/C26H31N5O.HI/c1-2-27-26(30-22-14-16-31(19-22)24-11-4-3-5-12-24)29-18-21-9-8-13-25(17-21)32-20-23-10-6-7-15-28-23;/h3-13,15,17,22H,2,14,16,18-20H2,1H3,(H2,27,29,30);1H. The fourth-order valence-electron chi connectivity index (χ4n) is 3.81. The molecule has 0 aliphatic carbocycles. The van der Waals surface area contributed by atoms with E-state index in [1.807, 2.05) is 36.4 Å². The van der Waals surface area contributed by atoms with Gasteiger partial charge in [0, 0.05) is 37.6 Å². The lowest BCUT2D eigenvalue weighted by Gasteiger charge is -2.20. The second-order valence-corrected chi connectivity index (χ2v) is 7.86. The maximum Gasteiger partial charge on any atom is 0.191 e. The van der Waals surface area contributed by atoms with E-state index in [2.05, 4.69) is 63.8 Å². The lowest BCUT2D eigenvalue weighted by atomic mass is 10.2. The third-order valence-electron chi connectivity index (χ3n) is 5.43. The van der Waals surface area contributed by atoms with E-state index in [1.165, 1.54) is 5.69 Å². The molecule has 1 aliphatic rings. The molecule has 0 radical (unpaired) electrons. The molecule has 1 aromatic heterocycles. The number of hydrogen-bond donors (Lipinski definition) is 2. The quantitative estimate of drug-likeness (QED) is 0.241. The largest absolute Gasteiger partial charge is 0.487 e. The Morgan fingerprint density at radius 3 is 2.73 bits per heavy atom. The summed E-state index contributed by atoms with van der Waals surface area (Å²) < 4.78 is 5.90. The zero-order valence-corrected chi connectivity index (χ0v) is 21.3. The van der Waals surface area contributed by atoms with Gasteiger partial charge in [0.1, 0.15) is 12.4 Å². The topological polar surface area (TPSA) is 61.8 Å². The minimum Gasteiger partial charge on any atom is -0.487 e. The van der Waals surface area contributed by atoms with E-state index in [0.717, 1.165) is 49.0 Å². The van der Waals surface area contributed by atoms with Gasteiger partial charge in [-0.05, 0) is 55.3 Å². The van der Waals surface area contributed by atoms with Crippen LogP contribution in [0.2, 0.25) is 0 Å². The van der Waals surface area contributed by atoms with Gasteiger partial charge in [-0.15, -0.1) is 24.0 Å². The Morgan fingerprint density at radius 2 is 1.94 bits per heavy atom. The Balaban J connectivity index is 0.00000306. The van der Waals surface area contributed by atoms with Gasteiger partial charge in [-0.1, -0.05) is 36.4 Å². The van der Waals surface area contributed by atoms with Crippen molar-refractivity contribution in [2.24, 2.45) is 4.99 Å². The summed E-state index contributed by atoms with van der Waals surface area (Å²) in [6, 6.07) is 24.9. The summed E-state index contributed by atoms with van der Waals surface area (Å²) in [7, 11) is 0. The molecular weight excluding hydrogens is 525 g/mol. The van der Waals surface area contributed by atoms with Gasteiger partial charge in [-0.3, -0.25) is 4.98 Å². The van der Waals surface area contributed by atoms with E-state index in [4.69, 9.17) is 9.73 Å². The van der Waals surface area contributed by atoms with Crippen molar-refractivity contribution in [3.8, 4) is 5.75 Å². The number of benzene rings is 2.